The summed E-state index contributed by atoms with van der Waals surface area (Å²) in [5, 5.41) is 0.772. The summed E-state index contributed by atoms with van der Waals surface area (Å²) < 4.78 is 5.92. The maximum absolute atomic E-state index is 5.92. The number of hydrogen-bond donors (Lipinski definition) is 0. The fourth-order valence-electron chi connectivity index (χ4n) is 1.90. The van der Waals surface area contributed by atoms with Crippen LogP contribution < -0.4 is 0 Å². The molecule has 0 bridgehead atoms. The fourth-order valence-corrected chi connectivity index (χ4v) is 2.66. The van der Waals surface area contributed by atoms with E-state index in [9.17, 15) is 0 Å². The maximum Gasteiger partial charge on any atom is 0.0720 e. The van der Waals surface area contributed by atoms with E-state index in [0.29, 0.717) is 17.5 Å². The molecule has 2 rings (SSSR count). The standard InChI is InChI=1S/C13H16BrClO/c1-13(2)11(14)7-12(13)16-8-9-3-5-10(15)6-4-9/h3-6,11-12H,7-8H2,1-2H3. The smallest absolute Gasteiger partial charge is 0.0720 e. The molecule has 88 valence electrons. The van der Waals surface area contributed by atoms with Crippen molar-refractivity contribution in [3.63, 3.8) is 0 Å². The van der Waals surface area contributed by atoms with Gasteiger partial charge in [-0.2, -0.15) is 0 Å². The van der Waals surface area contributed by atoms with Crippen LogP contribution in [0.3, 0.4) is 0 Å². The minimum atomic E-state index is 0.242. The lowest BCUT2D eigenvalue weighted by Crippen LogP contribution is -2.51. The molecule has 0 saturated heterocycles. The molecule has 2 unspecified atom stereocenters. The van der Waals surface area contributed by atoms with Crippen molar-refractivity contribution in [2.75, 3.05) is 0 Å². The third-order valence-corrected chi connectivity index (χ3v) is 5.23. The highest BCUT2D eigenvalue weighted by Crippen LogP contribution is 2.47. The first kappa shape index (κ1) is 12.4. The van der Waals surface area contributed by atoms with Crippen molar-refractivity contribution < 1.29 is 4.74 Å². The van der Waals surface area contributed by atoms with Crippen molar-refractivity contribution in [1.29, 1.82) is 0 Å². The molecule has 1 aromatic carbocycles. The number of rotatable bonds is 3. The van der Waals surface area contributed by atoms with E-state index in [1.54, 1.807) is 0 Å². The molecule has 0 aliphatic heterocycles. The predicted molar refractivity (Wildman–Crippen MR) is 71.1 cm³/mol. The molecule has 1 aliphatic carbocycles. The van der Waals surface area contributed by atoms with E-state index in [0.717, 1.165) is 11.4 Å². The van der Waals surface area contributed by atoms with Crippen LogP contribution in [-0.4, -0.2) is 10.9 Å². The van der Waals surface area contributed by atoms with Crippen molar-refractivity contribution in [2.45, 2.75) is 37.8 Å². The van der Waals surface area contributed by atoms with Gasteiger partial charge in [0.2, 0.25) is 0 Å². The molecule has 0 amide bonds. The van der Waals surface area contributed by atoms with Gasteiger partial charge >= 0.3 is 0 Å². The zero-order valence-corrected chi connectivity index (χ0v) is 11.9. The SMILES string of the molecule is CC1(C)C(Br)CC1OCc1ccc(Cl)cc1. The first-order valence-corrected chi connectivity index (χ1v) is 6.79. The number of ether oxygens (including phenoxy) is 1. The van der Waals surface area contributed by atoms with Gasteiger partial charge in [-0.05, 0) is 24.1 Å². The van der Waals surface area contributed by atoms with Crippen molar-refractivity contribution in [3.05, 3.63) is 34.9 Å². The molecule has 0 heterocycles. The first-order valence-electron chi connectivity index (χ1n) is 5.50. The normalized spacial score (nSPS) is 27.5. The van der Waals surface area contributed by atoms with E-state index >= 15 is 0 Å². The summed E-state index contributed by atoms with van der Waals surface area (Å²) in [4.78, 5) is 0.579. The van der Waals surface area contributed by atoms with E-state index in [-0.39, 0.29) is 5.41 Å². The van der Waals surface area contributed by atoms with Gasteiger partial charge in [-0.3, -0.25) is 0 Å². The van der Waals surface area contributed by atoms with Crippen LogP contribution in [0, 0.1) is 5.41 Å². The molecule has 1 saturated carbocycles. The lowest BCUT2D eigenvalue weighted by Gasteiger charge is -2.48. The van der Waals surface area contributed by atoms with E-state index in [2.05, 4.69) is 29.8 Å². The molecule has 0 spiro atoms. The average molecular weight is 304 g/mol. The third-order valence-electron chi connectivity index (χ3n) is 3.42. The van der Waals surface area contributed by atoms with E-state index in [1.165, 1.54) is 5.56 Å². The van der Waals surface area contributed by atoms with E-state index < -0.39 is 0 Å². The number of benzene rings is 1. The molecule has 16 heavy (non-hydrogen) atoms. The molecule has 1 aliphatic rings. The molecular weight excluding hydrogens is 287 g/mol. The Morgan fingerprint density at radius 1 is 1.38 bits per heavy atom. The molecule has 1 fully saturated rings. The minimum absolute atomic E-state index is 0.242. The Kier molecular flexibility index (Phi) is 3.62. The van der Waals surface area contributed by atoms with E-state index in [1.807, 2.05) is 24.3 Å². The summed E-state index contributed by atoms with van der Waals surface area (Å²) in [6.45, 7) is 5.15. The molecule has 0 N–H and O–H groups in total. The quantitative estimate of drug-likeness (QED) is 0.751. The van der Waals surface area contributed by atoms with Crippen LogP contribution in [0.25, 0.3) is 0 Å². The first-order chi connectivity index (χ1) is 7.50. The van der Waals surface area contributed by atoms with Gasteiger partial charge in [0.25, 0.3) is 0 Å². The maximum atomic E-state index is 5.92. The fraction of sp³-hybridized carbons (Fsp3) is 0.538. The van der Waals surface area contributed by atoms with Crippen LogP contribution in [0.2, 0.25) is 5.02 Å². The highest BCUT2D eigenvalue weighted by atomic mass is 79.9. The van der Waals surface area contributed by atoms with Crippen LogP contribution in [0.5, 0.6) is 0 Å². The summed E-state index contributed by atoms with van der Waals surface area (Å²) in [7, 11) is 0. The highest BCUT2D eigenvalue weighted by Gasteiger charge is 2.47. The second-order valence-electron chi connectivity index (χ2n) is 4.95. The summed E-state index contributed by atoms with van der Waals surface area (Å²) in [5.74, 6) is 0. The van der Waals surface area contributed by atoms with Crippen LogP contribution in [0.4, 0.5) is 0 Å². The van der Waals surface area contributed by atoms with Crippen molar-refractivity contribution in [1.82, 2.24) is 0 Å². The molecule has 0 radical (unpaired) electrons. The number of halogens is 2. The Labute approximate surface area is 110 Å². The Hall–Kier alpha value is -0.0500. The monoisotopic (exact) mass is 302 g/mol. The molecular formula is C13H16BrClO. The Morgan fingerprint density at radius 3 is 2.50 bits per heavy atom. The van der Waals surface area contributed by atoms with Gasteiger partial charge in [-0.25, -0.2) is 0 Å². The van der Waals surface area contributed by atoms with Crippen LogP contribution in [0.1, 0.15) is 25.8 Å². The summed E-state index contributed by atoms with van der Waals surface area (Å²) >= 11 is 9.49. The highest BCUT2D eigenvalue weighted by molar-refractivity contribution is 9.09. The molecule has 2 atom stereocenters. The molecule has 3 heteroatoms. The van der Waals surface area contributed by atoms with Crippen LogP contribution >= 0.6 is 27.5 Å². The predicted octanol–water partition coefficient (Wildman–Crippen LogP) is 4.42. The topological polar surface area (TPSA) is 9.23 Å². The van der Waals surface area contributed by atoms with Gasteiger partial charge in [0, 0.05) is 15.3 Å². The zero-order valence-electron chi connectivity index (χ0n) is 9.54. The van der Waals surface area contributed by atoms with Gasteiger partial charge in [-0.15, -0.1) is 0 Å². The van der Waals surface area contributed by atoms with Crippen LogP contribution in [0.15, 0.2) is 24.3 Å². The number of alkyl halides is 1. The van der Waals surface area contributed by atoms with Gasteiger partial charge in [0.15, 0.2) is 0 Å². The second kappa shape index (κ2) is 4.67. The lowest BCUT2D eigenvalue weighted by atomic mass is 9.69. The largest absolute Gasteiger partial charge is 0.373 e. The summed E-state index contributed by atoms with van der Waals surface area (Å²) in [6, 6.07) is 7.83. The third kappa shape index (κ3) is 2.44. The lowest BCUT2D eigenvalue weighted by molar-refractivity contribution is -0.0931. The average Bonchev–Trinajstić information content (AvgIpc) is 2.26. The van der Waals surface area contributed by atoms with E-state index in [4.69, 9.17) is 16.3 Å². The second-order valence-corrected chi connectivity index (χ2v) is 6.49. The Morgan fingerprint density at radius 2 is 2.00 bits per heavy atom. The Bertz CT molecular complexity index is 361. The van der Waals surface area contributed by atoms with Crippen molar-refractivity contribution >= 4 is 27.5 Å². The van der Waals surface area contributed by atoms with Gasteiger partial charge in [0.1, 0.15) is 0 Å². The molecule has 1 aromatic rings. The Balaban J connectivity index is 1.87. The van der Waals surface area contributed by atoms with Crippen molar-refractivity contribution in [2.24, 2.45) is 5.41 Å². The number of hydrogen-bond acceptors (Lipinski definition) is 1. The van der Waals surface area contributed by atoms with Crippen molar-refractivity contribution in [3.8, 4) is 0 Å². The van der Waals surface area contributed by atoms with Crippen LogP contribution in [-0.2, 0) is 11.3 Å². The summed E-state index contributed by atoms with van der Waals surface area (Å²) in [6.07, 6.45) is 1.45. The summed E-state index contributed by atoms with van der Waals surface area (Å²) in [5.41, 5.74) is 1.42. The van der Waals surface area contributed by atoms with Gasteiger partial charge in [0.05, 0.1) is 12.7 Å². The minimum Gasteiger partial charge on any atom is -0.373 e. The zero-order chi connectivity index (χ0) is 11.8. The van der Waals surface area contributed by atoms with Gasteiger partial charge in [-0.1, -0.05) is 53.5 Å². The van der Waals surface area contributed by atoms with Gasteiger partial charge < -0.3 is 4.74 Å². The molecule has 1 nitrogen and oxygen atoms in total. The molecule has 0 aromatic heterocycles.